The van der Waals surface area contributed by atoms with Crippen LogP contribution in [0.5, 0.6) is 0 Å². The van der Waals surface area contributed by atoms with E-state index < -0.39 is 5.97 Å². The first-order valence-electron chi connectivity index (χ1n) is 6.79. The van der Waals surface area contributed by atoms with Crippen molar-refractivity contribution in [3.05, 3.63) is 22.6 Å². The van der Waals surface area contributed by atoms with Crippen molar-refractivity contribution in [3.63, 3.8) is 0 Å². The normalized spacial score (nSPS) is 16.4. The zero-order valence-electron chi connectivity index (χ0n) is 11.7. The van der Waals surface area contributed by atoms with Crippen LogP contribution in [0.15, 0.2) is 17.1 Å². The minimum Gasteiger partial charge on any atom is -0.481 e. The third-order valence-electron chi connectivity index (χ3n) is 3.48. The SMILES string of the molecule is CN1CCN(c2cnn(CCCC(=O)O)c(=O)c2)CC1. The van der Waals surface area contributed by atoms with Crippen LogP contribution in [0.3, 0.4) is 0 Å². The third kappa shape index (κ3) is 3.80. The summed E-state index contributed by atoms with van der Waals surface area (Å²) < 4.78 is 1.32. The van der Waals surface area contributed by atoms with Crippen LogP contribution in [-0.4, -0.2) is 59.0 Å². The van der Waals surface area contributed by atoms with Crippen LogP contribution in [-0.2, 0) is 11.3 Å². The van der Waals surface area contributed by atoms with Gasteiger partial charge in [-0.05, 0) is 13.5 Å². The Labute approximate surface area is 117 Å². The van der Waals surface area contributed by atoms with Crippen LogP contribution < -0.4 is 10.5 Å². The number of hydrogen-bond acceptors (Lipinski definition) is 5. The summed E-state index contributed by atoms with van der Waals surface area (Å²) in [6.07, 6.45) is 2.15. The minimum absolute atomic E-state index is 0.0499. The molecule has 0 radical (unpaired) electrons. The second kappa shape index (κ2) is 6.51. The smallest absolute Gasteiger partial charge is 0.303 e. The summed E-state index contributed by atoms with van der Waals surface area (Å²) in [5, 5.41) is 12.7. The molecule has 1 fully saturated rings. The number of piperazine rings is 1. The zero-order chi connectivity index (χ0) is 14.5. The fourth-order valence-electron chi connectivity index (χ4n) is 2.21. The molecule has 1 aromatic rings. The number of rotatable bonds is 5. The van der Waals surface area contributed by atoms with E-state index in [0.717, 1.165) is 31.9 Å². The van der Waals surface area contributed by atoms with Gasteiger partial charge in [0.15, 0.2) is 0 Å². The highest BCUT2D eigenvalue weighted by molar-refractivity contribution is 5.66. The van der Waals surface area contributed by atoms with E-state index in [0.29, 0.717) is 13.0 Å². The Morgan fingerprint density at radius 2 is 2.05 bits per heavy atom. The topological polar surface area (TPSA) is 78.7 Å². The van der Waals surface area contributed by atoms with Crippen LogP contribution >= 0.6 is 0 Å². The van der Waals surface area contributed by atoms with Gasteiger partial charge < -0.3 is 14.9 Å². The van der Waals surface area contributed by atoms with Gasteiger partial charge in [0.2, 0.25) is 0 Å². The van der Waals surface area contributed by atoms with Crippen molar-refractivity contribution in [2.24, 2.45) is 0 Å². The molecule has 1 aliphatic heterocycles. The van der Waals surface area contributed by atoms with E-state index in [4.69, 9.17) is 5.11 Å². The van der Waals surface area contributed by atoms with E-state index in [1.165, 1.54) is 4.68 Å². The monoisotopic (exact) mass is 280 g/mol. The summed E-state index contributed by atoms with van der Waals surface area (Å²) in [7, 11) is 2.08. The lowest BCUT2D eigenvalue weighted by Gasteiger charge is -2.33. The second-order valence-corrected chi connectivity index (χ2v) is 5.06. The highest BCUT2D eigenvalue weighted by Gasteiger charge is 2.15. The predicted molar refractivity (Wildman–Crippen MR) is 75.1 cm³/mol. The predicted octanol–water partition coefficient (Wildman–Crippen LogP) is -0.140. The molecule has 0 bridgehead atoms. The van der Waals surface area contributed by atoms with E-state index in [1.54, 1.807) is 12.3 Å². The fraction of sp³-hybridized carbons (Fsp3) is 0.615. The molecule has 2 heterocycles. The Kier molecular flexibility index (Phi) is 4.73. The Morgan fingerprint density at radius 3 is 2.65 bits per heavy atom. The summed E-state index contributed by atoms with van der Waals surface area (Å²) in [5.74, 6) is -0.855. The second-order valence-electron chi connectivity index (χ2n) is 5.06. The molecule has 0 unspecified atom stereocenters. The molecule has 1 saturated heterocycles. The maximum atomic E-state index is 11.9. The third-order valence-corrected chi connectivity index (χ3v) is 3.48. The van der Waals surface area contributed by atoms with E-state index in [9.17, 15) is 9.59 Å². The van der Waals surface area contributed by atoms with E-state index >= 15 is 0 Å². The number of aryl methyl sites for hydroxylation is 1. The summed E-state index contributed by atoms with van der Waals surface area (Å²) in [4.78, 5) is 26.8. The molecule has 1 N–H and O–H groups in total. The lowest BCUT2D eigenvalue weighted by atomic mass is 10.3. The van der Waals surface area contributed by atoms with E-state index in [1.807, 2.05) is 0 Å². The maximum absolute atomic E-state index is 11.9. The van der Waals surface area contributed by atoms with Crippen molar-refractivity contribution in [2.45, 2.75) is 19.4 Å². The van der Waals surface area contributed by atoms with Crippen LogP contribution in [0, 0.1) is 0 Å². The lowest BCUT2D eigenvalue weighted by Crippen LogP contribution is -2.45. The number of anilines is 1. The molecule has 7 heteroatoms. The number of nitrogens with zero attached hydrogens (tertiary/aromatic N) is 4. The first-order chi connectivity index (χ1) is 9.56. The molecule has 2 rings (SSSR count). The van der Waals surface area contributed by atoms with Gasteiger partial charge in [-0.25, -0.2) is 4.68 Å². The zero-order valence-corrected chi connectivity index (χ0v) is 11.7. The van der Waals surface area contributed by atoms with Crippen LogP contribution in [0.1, 0.15) is 12.8 Å². The summed E-state index contributed by atoms with van der Waals surface area (Å²) in [5.41, 5.74) is 0.671. The molecule has 20 heavy (non-hydrogen) atoms. The number of carboxylic acid groups (broad SMARTS) is 1. The first-order valence-corrected chi connectivity index (χ1v) is 6.79. The Balaban J connectivity index is 1.98. The molecule has 1 aliphatic rings. The molecule has 7 nitrogen and oxygen atoms in total. The lowest BCUT2D eigenvalue weighted by molar-refractivity contribution is -0.137. The largest absolute Gasteiger partial charge is 0.481 e. The Bertz CT molecular complexity index is 521. The molecule has 110 valence electrons. The minimum atomic E-state index is -0.855. The van der Waals surface area contributed by atoms with Crippen molar-refractivity contribution >= 4 is 11.7 Å². The molecule has 0 spiro atoms. The van der Waals surface area contributed by atoms with Crippen LogP contribution in [0.25, 0.3) is 0 Å². The van der Waals surface area contributed by atoms with Gasteiger partial charge in [-0.1, -0.05) is 0 Å². The van der Waals surface area contributed by atoms with Gasteiger partial charge in [-0.2, -0.15) is 5.10 Å². The summed E-state index contributed by atoms with van der Waals surface area (Å²) in [6.45, 7) is 4.07. The van der Waals surface area contributed by atoms with E-state index in [2.05, 4.69) is 21.9 Å². The number of aromatic nitrogens is 2. The number of carbonyl (C=O) groups is 1. The highest BCUT2D eigenvalue weighted by Crippen LogP contribution is 2.12. The molecule has 0 amide bonds. The van der Waals surface area contributed by atoms with Crippen LogP contribution in [0.4, 0.5) is 5.69 Å². The molecular formula is C13H20N4O3. The summed E-state index contributed by atoms with van der Waals surface area (Å²) >= 11 is 0. The van der Waals surface area contributed by atoms with E-state index in [-0.39, 0.29) is 12.0 Å². The standard InChI is InChI=1S/C13H20N4O3/c1-15-5-7-16(8-6-15)11-9-12(18)17(14-10-11)4-2-3-13(19)20/h9-10H,2-8H2,1H3,(H,19,20). The summed E-state index contributed by atoms with van der Waals surface area (Å²) in [6, 6.07) is 1.58. The number of carboxylic acids is 1. The molecular weight excluding hydrogens is 260 g/mol. The highest BCUT2D eigenvalue weighted by atomic mass is 16.4. The molecule has 0 aliphatic carbocycles. The first kappa shape index (κ1) is 14.5. The van der Waals surface area contributed by atoms with Crippen molar-refractivity contribution in [1.82, 2.24) is 14.7 Å². The Hall–Kier alpha value is -1.89. The average molecular weight is 280 g/mol. The Morgan fingerprint density at radius 1 is 1.35 bits per heavy atom. The average Bonchev–Trinajstić information content (AvgIpc) is 2.41. The maximum Gasteiger partial charge on any atom is 0.303 e. The number of likely N-dealkylation sites (N-methyl/N-ethyl adjacent to an activating group) is 1. The van der Waals surface area contributed by atoms with Gasteiger partial charge in [0, 0.05) is 45.2 Å². The molecule has 0 atom stereocenters. The molecule has 1 aromatic heterocycles. The van der Waals surface area contributed by atoms with Crippen LogP contribution in [0.2, 0.25) is 0 Å². The fourth-order valence-corrected chi connectivity index (χ4v) is 2.21. The molecule has 0 saturated carbocycles. The van der Waals surface area contributed by atoms with Crippen molar-refractivity contribution in [3.8, 4) is 0 Å². The van der Waals surface area contributed by atoms with Gasteiger partial charge >= 0.3 is 5.97 Å². The quantitative estimate of drug-likeness (QED) is 0.809. The number of hydrogen-bond donors (Lipinski definition) is 1. The van der Waals surface area contributed by atoms with Crippen molar-refractivity contribution in [2.75, 3.05) is 38.1 Å². The van der Waals surface area contributed by atoms with Gasteiger partial charge in [-0.3, -0.25) is 9.59 Å². The van der Waals surface area contributed by atoms with Gasteiger partial charge in [0.25, 0.3) is 5.56 Å². The van der Waals surface area contributed by atoms with Gasteiger partial charge in [-0.15, -0.1) is 0 Å². The van der Waals surface area contributed by atoms with Gasteiger partial charge in [0.05, 0.1) is 11.9 Å². The van der Waals surface area contributed by atoms with Gasteiger partial charge in [0.1, 0.15) is 0 Å². The molecule has 0 aromatic carbocycles. The van der Waals surface area contributed by atoms with Crippen molar-refractivity contribution in [1.29, 1.82) is 0 Å². The van der Waals surface area contributed by atoms with Crippen molar-refractivity contribution < 1.29 is 9.90 Å². The number of aliphatic carboxylic acids is 1.